The Labute approximate surface area is 136 Å². The molecule has 1 aliphatic heterocycles. The molecule has 1 heterocycles. The molecule has 0 unspecified atom stereocenters. The van der Waals surface area contributed by atoms with Gasteiger partial charge in [-0.3, -0.25) is 0 Å². The molecule has 0 atom stereocenters. The predicted molar refractivity (Wildman–Crippen MR) is 76.6 cm³/mol. The summed E-state index contributed by atoms with van der Waals surface area (Å²) in [7, 11) is 2.18. The lowest BCUT2D eigenvalue weighted by molar-refractivity contribution is -0.140. The van der Waals surface area contributed by atoms with E-state index in [0.717, 1.165) is 31.3 Å². The largest absolute Gasteiger partial charge is 0.466 e. The summed E-state index contributed by atoms with van der Waals surface area (Å²) in [5, 5.41) is 9.39. The van der Waals surface area contributed by atoms with Gasteiger partial charge in [-0.25, -0.2) is 18.4 Å². The van der Waals surface area contributed by atoms with E-state index < -0.39 is 35.9 Å². The molecule has 0 saturated heterocycles. The van der Waals surface area contributed by atoms with E-state index in [-0.39, 0.29) is 30.2 Å². The number of hydrogen-bond acceptors (Lipinski definition) is 7. The number of benzene rings is 1. The van der Waals surface area contributed by atoms with Gasteiger partial charge in [0.05, 0.1) is 38.7 Å². The summed E-state index contributed by atoms with van der Waals surface area (Å²) in [5.41, 5.74) is -0.957. The smallest absolute Gasteiger partial charge is 0.355 e. The van der Waals surface area contributed by atoms with Crippen LogP contribution in [-0.4, -0.2) is 44.6 Å². The van der Waals surface area contributed by atoms with Crippen molar-refractivity contribution in [2.75, 3.05) is 32.5 Å². The molecular weight excluding hydrogens is 328 g/mol. The van der Waals surface area contributed by atoms with Crippen molar-refractivity contribution in [1.82, 2.24) is 0 Å². The van der Waals surface area contributed by atoms with Crippen LogP contribution in [0.1, 0.15) is 5.56 Å². The molecule has 0 radical (unpaired) electrons. The number of halogens is 2. The zero-order chi connectivity index (χ0) is 17.9. The van der Waals surface area contributed by atoms with Crippen LogP contribution in [0.25, 0.3) is 0 Å². The van der Waals surface area contributed by atoms with E-state index in [1.54, 1.807) is 0 Å². The number of aliphatic hydroxyl groups excluding tert-OH is 1. The number of aliphatic hydroxyl groups is 1. The van der Waals surface area contributed by atoms with Crippen LogP contribution >= 0.6 is 0 Å². The standard InChI is InChI=1S/C15H15F2NO6/c1-22-14(20)9-6-24-7-18(13(9)15(21)23-2)12-8(5-19)3-4-10(16)11(12)17/h3-4,19H,5-7H2,1-2H3. The Morgan fingerprint density at radius 3 is 2.50 bits per heavy atom. The maximum atomic E-state index is 14.3. The highest BCUT2D eigenvalue weighted by atomic mass is 19.2. The van der Waals surface area contributed by atoms with Gasteiger partial charge in [0.1, 0.15) is 12.4 Å². The lowest BCUT2D eigenvalue weighted by Gasteiger charge is -2.32. The first-order valence-electron chi connectivity index (χ1n) is 6.79. The molecule has 1 aromatic carbocycles. The Morgan fingerprint density at radius 1 is 1.25 bits per heavy atom. The number of hydrogen-bond donors (Lipinski definition) is 1. The summed E-state index contributed by atoms with van der Waals surface area (Å²) >= 11 is 0. The average Bonchev–Trinajstić information content (AvgIpc) is 2.61. The summed E-state index contributed by atoms with van der Waals surface area (Å²) in [5.74, 6) is -4.30. The Balaban J connectivity index is 2.70. The van der Waals surface area contributed by atoms with Gasteiger partial charge in [0, 0.05) is 5.56 Å². The van der Waals surface area contributed by atoms with Crippen molar-refractivity contribution in [3.05, 3.63) is 40.6 Å². The van der Waals surface area contributed by atoms with E-state index >= 15 is 0 Å². The second kappa shape index (κ2) is 7.37. The zero-order valence-corrected chi connectivity index (χ0v) is 13.0. The molecule has 1 aliphatic rings. The van der Waals surface area contributed by atoms with Gasteiger partial charge in [-0.15, -0.1) is 0 Å². The number of methoxy groups -OCH3 is 2. The van der Waals surface area contributed by atoms with Crippen molar-refractivity contribution >= 4 is 17.6 Å². The van der Waals surface area contributed by atoms with Gasteiger partial charge in [-0.2, -0.15) is 0 Å². The molecule has 0 saturated carbocycles. The average molecular weight is 343 g/mol. The van der Waals surface area contributed by atoms with Crippen LogP contribution in [0.15, 0.2) is 23.4 Å². The van der Waals surface area contributed by atoms with Crippen molar-refractivity contribution in [3.8, 4) is 0 Å². The van der Waals surface area contributed by atoms with Gasteiger partial charge < -0.3 is 24.2 Å². The highest BCUT2D eigenvalue weighted by Gasteiger charge is 2.35. The Bertz CT molecular complexity index is 703. The second-order valence-electron chi connectivity index (χ2n) is 4.74. The molecule has 0 aromatic heterocycles. The normalized spacial score (nSPS) is 14.6. The number of carbonyl (C=O) groups is 2. The van der Waals surface area contributed by atoms with Crippen molar-refractivity contribution in [2.24, 2.45) is 0 Å². The summed E-state index contributed by atoms with van der Waals surface area (Å²) in [4.78, 5) is 24.9. The molecule has 0 amide bonds. The van der Waals surface area contributed by atoms with Crippen molar-refractivity contribution in [1.29, 1.82) is 0 Å². The molecule has 0 bridgehead atoms. The van der Waals surface area contributed by atoms with Crippen LogP contribution in [-0.2, 0) is 30.4 Å². The van der Waals surface area contributed by atoms with Gasteiger partial charge in [0.15, 0.2) is 11.6 Å². The molecule has 9 heteroatoms. The van der Waals surface area contributed by atoms with Crippen molar-refractivity contribution in [2.45, 2.75) is 6.61 Å². The third-order valence-corrected chi connectivity index (χ3v) is 3.43. The lowest BCUT2D eigenvalue weighted by Crippen LogP contribution is -2.39. The van der Waals surface area contributed by atoms with Gasteiger partial charge >= 0.3 is 11.9 Å². The number of nitrogens with zero attached hydrogens (tertiary/aromatic N) is 1. The fourth-order valence-corrected chi connectivity index (χ4v) is 2.32. The van der Waals surface area contributed by atoms with Crippen LogP contribution in [0.5, 0.6) is 0 Å². The van der Waals surface area contributed by atoms with Gasteiger partial charge in [-0.1, -0.05) is 6.07 Å². The highest BCUT2D eigenvalue weighted by molar-refractivity contribution is 6.03. The number of rotatable bonds is 4. The number of esters is 2. The van der Waals surface area contributed by atoms with E-state index in [1.165, 1.54) is 0 Å². The molecule has 0 fully saturated rings. The molecule has 1 N–H and O–H groups in total. The Morgan fingerprint density at radius 2 is 1.92 bits per heavy atom. The van der Waals surface area contributed by atoms with Gasteiger partial charge in [-0.05, 0) is 6.07 Å². The van der Waals surface area contributed by atoms with Gasteiger partial charge in [0.2, 0.25) is 0 Å². The number of anilines is 1. The molecule has 0 aliphatic carbocycles. The van der Waals surface area contributed by atoms with Crippen LogP contribution in [0.3, 0.4) is 0 Å². The first kappa shape index (κ1) is 17.8. The predicted octanol–water partition coefficient (Wildman–Crippen LogP) is 0.851. The summed E-state index contributed by atoms with van der Waals surface area (Å²) in [6, 6.07) is 2.01. The monoisotopic (exact) mass is 343 g/mol. The summed E-state index contributed by atoms with van der Waals surface area (Å²) < 4.78 is 42.3. The lowest BCUT2D eigenvalue weighted by atomic mass is 10.1. The number of ether oxygens (including phenoxy) is 3. The fraction of sp³-hybridized carbons (Fsp3) is 0.333. The van der Waals surface area contributed by atoms with Crippen LogP contribution in [0, 0.1) is 11.6 Å². The quantitative estimate of drug-likeness (QED) is 0.811. The first-order chi connectivity index (χ1) is 11.5. The molecular formula is C15H15F2NO6. The molecule has 24 heavy (non-hydrogen) atoms. The molecule has 2 rings (SSSR count). The van der Waals surface area contributed by atoms with E-state index in [2.05, 4.69) is 9.47 Å². The van der Waals surface area contributed by atoms with E-state index in [0.29, 0.717) is 0 Å². The van der Waals surface area contributed by atoms with Crippen LogP contribution < -0.4 is 4.90 Å². The van der Waals surface area contributed by atoms with Crippen LogP contribution in [0.4, 0.5) is 14.5 Å². The van der Waals surface area contributed by atoms with E-state index in [9.17, 15) is 23.5 Å². The van der Waals surface area contributed by atoms with Crippen LogP contribution in [0.2, 0.25) is 0 Å². The highest BCUT2D eigenvalue weighted by Crippen LogP contribution is 2.33. The Kier molecular flexibility index (Phi) is 5.47. The van der Waals surface area contributed by atoms with Gasteiger partial charge in [0.25, 0.3) is 0 Å². The minimum Gasteiger partial charge on any atom is -0.466 e. The van der Waals surface area contributed by atoms with E-state index in [1.807, 2.05) is 0 Å². The minimum absolute atomic E-state index is 0.00465. The zero-order valence-electron chi connectivity index (χ0n) is 13.0. The molecule has 7 nitrogen and oxygen atoms in total. The maximum absolute atomic E-state index is 14.3. The molecule has 1 aromatic rings. The summed E-state index contributed by atoms with van der Waals surface area (Å²) in [6.45, 7) is -1.23. The van der Waals surface area contributed by atoms with E-state index in [4.69, 9.17) is 4.74 Å². The third-order valence-electron chi connectivity index (χ3n) is 3.43. The van der Waals surface area contributed by atoms with Crippen molar-refractivity contribution in [3.63, 3.8) is 0 Å². The molecule has 130 valence electrons. The topological polar surface area (TPSA) is 85.3 Å². The van der Waals surface area contributed by atoms with Crippen molar-refractivity contribution < 1.29 is 37.7 Å². The third kappa shape index (κ3) is 3.08. The minimum atomic E-state index is -1.29. The fourth-order valence-electron chi connectivity index (χ4n) is 2.32. The Hall–Kier alpha value is -2.52. The SMILES string of the molecule is COC(=O)C1=C(C(=O)OC)N(c2c(CO)ccc(F)c2F)COC1. The second-order valence-corrected chi connectivity index (χ2v) is 4.74. The first-order valence-corrected chi connectivity index (χ1v) is 6.79. The number of carbonyl (C=O) groups excluding carboxylic acids is 2. The maximum Gasteiger partial charge on any atom is 0.355 e. The summed E-state index contributed by atoms with van der Waals surface area (Å²) in [6.07, 6.45) is 0. The molecule has 0 spiro atoms.